The molecule has 1 aliphatic heterocycles. The van der Waals surface area contributed by atoms with Gasteiger partial charge in [-0.1, -0.05) is 11.6 Å². The van der Waals surface area contributed by atoms with Gasteiger partial charge in [0.25, 0.3) is 5.60 Å². The Kier molecular flexibility index (Phi) is 4.51. The van der Waals surface area contributed by atoms with Gasteiger partial charge >= 0.3 is 5.18 Å². The average Bonchev–Trinajstić information content (AvgIpc) is 2.41. The molecule has 0 aromatic carbocycles. The van der Waals surface area contributed by atoms with E-state index in [2.05, 4.69) is 4.85 Å². The van der Waals surface area contributed by atoms with Crippen molar-refractivity contribution >= 4 is 40.6 Å². The van der Waals surface area contributed by atoms with Crippen LogP contribution >= 0.6 is 23.2 Å². The van der Waals surface area contributed by atoms with Crippen LogP contribution in [0.3, 0.4) is 0 Å². The second-order valence-corrected chi connectivity index (χ2v) is 5.87. The number of aliphatic hydroxyl groups is 3. The fourth-order valence-electron chi connectivity index (χ4n) is 2.49. The number of hydrogen-bond acceptors (Lipinski definition) is 7. The number of nitrogens with zero attached hydrogens (tertiary/aromatic N) is 1. The van der Waals surface area contributed by atoms with Crippen molar-refractivity contribution in [3.05, 3.63) is 11.4 Å². The highest BCUT2D eigenvalue weighted by molar-refractivity contribution is 6.30. The molecule has 1 fully saturated rings. The van der Waals surface area contributed by atoms with E-state index in [9.17, 15) is 29.7 Å². The first-order valence-corrected chi connectivity index (χ1v) is 6.68. The summed E-state index contributed by atoms with van der Waals surface area (Å²) in [4.78, 5) is 38.4. The Hall–Kier alpha value is -1.08. The Morgan fingerprint density at radius 3 is 1.73 bits per heavy atom. The number of rotatable bonds is 3. The molecule has 2 unspecified atom stereocenters. The first kappa shape index (κ1) is 19.0. The highest BCUT2D eigenvalue weighted by Crippen LogP contribution is 2.54. The van der Waals surface area contributed by atoms with Crippen LogP contribution < -0.4 is 0 Å². The summed E-state index contributed by atoms with van der Waals surface area (Å²) in [6.07, 6.45) is 0. The molecule has 0 aromatic rings. The highest BCUT2D eigenvalue weighted by Gasteiger charge is 2.86. The molecule has 3 N–H and O–H groups in total. The molecule has 5 atom stereocenters. The summed E-state index contributed by atoms with van der Waals surface area (Å²) < 4.78 is 4.75. The first-order chi connectivity index (χ1) is 9.77. The van der Waals surface area contributed by atoms with Gasteiger partial charge in [0.05, 0.1) is 0 Å². The molecule has 122 valence electrons. The number of ketones is 3. The lowest BCUT2D eigenvalue weighted by Crippen LogP contribution is -2.86. The molecule has 0 amide bonds. The van der Waals surface area contributed by atoms with Crippen molar-refractivity contribution < 1.29 is 34.4 Å². The van der Waals surface area contributed by atoms with E-state index in [1.807, 2.05) is 0 Å². The molecule has 1 aliphatic rings. The zero-order valence-electron chi connectivity index (χ0n) is 11.8. The number of carbonyl (C=O) groups excluding carboxylic acids is 3. The van der Waals surface area contributed by atoms with Crippen molar-refractivity contribution in [1.29, 1.82) is 0 Å². The maximum absolute atomic E-state index is 12.0. The minimum absolute atomic E-state index is 0.692. The number of carbonyl (C=O) groups is 3. The smallest absolute Gasteiger partial charge is 0.375 e. The van der Waals surface area contributed by atoms with E-state index >= 15 is 0 Å². The van der Waals surface area contributed by atoms with Gasteiger partial charge < -0.3 is 15.3 Å². The van der Waals surface area contributed by atoms with E-state index in [1.165, 1.54) is 0 Å². The quantitative estimate of drug-likeness (QED) is 0.349. The molecule has 0 aliphatic carbocycles. The highest BCUT2D eigenvalue weighted by atomic mass is 35.5. The van der Waals surface area contributed by atoms with Gasteiger partial charge in [-0.15, -0.1) is 0 Å². The van der Waals surface area contributed by atoms with Crippen molar-refractivity contribution in [3.63, 3.8) is 0 Å². The summed E-state index contributed by atoms with van der Waals surface area (Å²) in [7, 11) is 0. The molecule has 1 saturated heterocycles. The van der Waals surface area contributed by atoms with E-state index < -0.39 is 44.9 Å². The van der Waals surface area contributed by atoms with Gasteiger partial charge in [-0.2, -0.15) is 0 Å². The molecule has 1 rings (SSSR count). The number of ether oxygens (including phenoxy) is 1. The fourth-order valence-corrected chi connectivity index (χ4v) is 3.33. The van der Waals surface area contributed by atoms with Gasteiger partial charge in [0.2, 0.25) is 11.2 Å². The van der Waals surface area contributed by atoms with Crippen LogP contribution in [0, 0.1) is 6.57 Å². The molecule has 22 heavy (non-hydrogen) atoms. The van der Waals surface area contributed by atoms with E-state index in [4.69, 9.17) is 34.5 Å². The predicted octanol–water partition coefficient (Wildman–Crippen LogP) is -0.646. The third-order valence-corrected chi connectivity index (χ3v) is 4.66. The van der Waals surface area contributed by atoms with E-state index in [-0.39, 0.29) is 0 Å². The molecule has 10 heteroatoms. The van der Waals surface area contributed by atoms with Gasteiger partial charge in [-0.25, -0.2) is 6.57 Å². The van der Waals surface area contributed by atoms with Crippen LogP contribution in [0.1, 0.15) is 20.8 Å². The lowest BCUT2D eigenvalue weighted by Gasteiger charge is -2.54. The van der Waals surface area contributed by atoms with Gasteiger partial charge in [0.1, 0.15) is 0 Å². The monoisotopic (exact) mass is 353 g/mol. The van der Waals surface area contributed by atoms with Gasteiger partial charge in [0, 0.05) is 11.6 Å². The minimum Gasteiger partial charge on any atom is -0.375 e. The zero-order chi connectivity index (χ0) is 17.7. The summed E-state index contributed by atoms with van der Waals surface area (Å²) in [5.41, 5.74) is -12.3. The third kappa shape index (κ3) is 1.81. The Morgan fingerprint density at radius 1 is 1.05 bits per heavy atom. The first-order valence-electron chi connectivity index (χ1n) is 5.87. The zero-order valence-corrected chi connectivity index (χ0v) is 13.3. The van der Waals surface area contributed by atoms with Crippen molar-refractivity contribution in [3.8, 4) is 0 Å². The molecule has 0 aromatic heterocycles. The molecule has 0 bridgehead atoms. The van der Waals surface area contributed by atoms with Gasteiger partial charge in [0.15, 0.2) is 22.9 Å². The van der Waals surface area contributed by atoms with Crippen molar-refractivity contribution in [2.24, 2.45) is 0 Å². The molecular weight excluding hydrogens is 341 g/mol. The maximum atomic E-state index is 12.0. The Balaban J connectivity index is 3.97. The molecular formula is C12H13Cl2NO7. The number of hydrogen-bond donors (Lipinski definition) is 3. The largest absolute Gasteiger partial charge is 0.458 e. The molecule has 0 radical (unpaired) electrons. The van der Waals surface area contributed by atoms with E-state index in [1.54, 1.807) is 0 Å². The summed E-state index contributed by atoms with van der Waals surface area (Å²) in [5, 5.41) is 28.7. The SMILES string of the molecule is [C-]#[N+]C1(Cl)OC(Cl)[C@](O)(C(C)=O)[C@@](O)(C(C)=O)[C@]1(O)C(C)=O. The van der Waals surface area contributed by atoms with Crippen LogP contribution in [0.2, 0.25) is 0 Å². The Labute approximate surface area is 135 Å². The van der Waals surface area contributed by atoms with Crippen LogP contribution in [0.5, 0.6) is 0 Å². The maximum Gasteiger partial charge on any atom is 0.458 e. The Bertz CT molecular complexity index is 605. The summed E-state index contributed by atoms with van der Waals surface area (Å²) in [6.45, 7) is 9.15. The summed E-state index contributed by atoms with van der Waals surface area (Å²) in [6, 6.07) is 0. The van der Waals surface area contributed by atoms with E-state index in [0.717, 1.165) is 6.92 Å². The standard InChI is InChI=1S/C12H13Cl2NO7/c1-5(16)9(19)8(13)22-12(14,15-4)11(21,7(3)18)10(9,20)6(2)17/h8,19-21H,1-3H3/t8?,9-,10+,11-,12?/m1/s1. The van der Waals surface area contributed by atoms with Crippen molar-refractivity contribution in [1.82, 2.24) is 0 Å². The minimum atomic E-state index is -3.49. The normalized spacial score (nSPS) is 45.0. The lowest BCUT2D eigenvalue weighted by atomic mass is 9.63. The van der Waals surface area contributed by atoms with Crippen molar-refractivity contribution in [2.45, 2.75) is 48.3 Å². The van der Waals surface area contributed by atoms with E-state index in [0.29, 0.717) is 13.8 Å². The number of halogens is 2. The van der Waals surface area contributed by atoms with Crippen molar-refractivity contribution in [2.75, 3.05) is 0 Å². The summed E-state index contributed by atoms with van der Waals surface area (Å²) in [5.74, 6) is -4.04. The molecule has 0 saturated carbocycles. The second kappa shape index (κ2) is 5.23. The van der Waals surface area contributed by atoms with Crippen LogP contribution in [-0.4, -0.2) is 60.2 Å². The van der Waals surface area contributed by atoms with Crippen LogP contribution in [0.15, 0.2) is 0 Å². The van der Waals surface area contributed by atoms with Gasteiger partial charge in [-0.3, -0.25) is 24.0 Å². The topological polar surface area (TPSA) is 125 Å². The van der Waals surface area contributed by atoms with Crippen LogP contribution in [-0.2, 0) is 19.1 Å². The lowest BCUT2D eigenvalue weighted by molar-refractivity contribution is -0.306. The third-order valence-electron chi connectivity index (χ3n) is 3.81. The average molecular weight is 354 g/mol. The second-order valence-electron chi connectivity index (χ2n) is 4.96. The fraction of sp³-hybridized carbons (Fsp3) is 0.667. The molecule has 0 spiro atoms. The molecule has 8 nitrogen and oxygen atoms in total. The number of alkyl halides is 2. The van der Waals surface area contributed by atoms with Gasteiger partial charge in [-0.05, 0) is 20.8 Å². The summed E-state index contributed by atoms with van der Waals surface area (Å²) >= 11 is 11.4. The molecule has 1 heterocycles. The van der Waals surface area contributed by atoms with Crippen LogP contribution in [0.4, 0.5) is 0 Å². The Morgan fingerprint density at radius 2 is 1.45 bits per heavy atom. The number of Topliss-reactive ketones (excluding diaryl/α,β-unsaturated/α-hetero) is 3. The van der Waals surface area contributed by atoms with Crippen LogP contribution in [0.25, 0.3) is 4.85 Å². The predicted molar refractivity (Wildman–Crippen MR) is 72.8 cm³/mol.